The molecule has 1 heterocycles. The number of carbonyl (C=O) groups is 1. The molecule has 0 saturated carbocycles. The molecule has 27 heavy (non-hydrogen) atoms. The van der Waals surface area contributed by atoms with E-state index < -0.39 is 0 Å². The van der Waals surface area contributed by atoms with Crippen LogP contribution in [0, 0.1) is 6.92 Å². The molecule has 3 aromatic rings. The van der Waals surface area contributed by atoms with Crippen molar-refractivity contribution >= 4 is 28.6 Å². The third kappa shape index (κ3) is 4.57. The number of nitrogens with zero attached hydrogens (tertiary/aromatic N) is 2. The van der Waals surface area contributed by atoms with Crippen LogP contribution < -0.4 is 5.56 Å². The summed E-state index contributed by atoms with van der Waals surface area (Å²) in [7, 11) is 0. The number of para-hydroxylation sites is 1. The molecule has 0 fully saturated rings. The first kappa shape index (κ1) is 19.2. The Morgan fingerprint density at radius 3 is 2.59 bits per heavy atom. The van der Waals surface area contributed by atoms with Crippen molar-refractivity contribution in [3.63, 3.8) is 0 Å². The summed E-state index contributed by atoms with van der Waals surface area (Å²) in [6, 6.07) is 15.2. The standard InChI is InChI=1S/C21H23N3O2S/c1-14(2)24(20(25)13-27-18-11-7-4-8-15(18)3)12-19-22-17-10-6-5-9-16(17)21(26)23-19/h4-11,14H,12-13H2,1-3H3,(H,22,23,26). The van der Waals surface area contributed by atoms with Gasteiger partial charge >= 0.3 is 0 Å². The number of hydrogen-bond acceptors (Lipinski definition) is 4. The number of carbonyl (C=O) groups excluding carboxylic acids is 1. The lowest BCUT2D eigenvalue weighted by atomic mass is 10.2. The molecule has 0 radical (unpaired) electrons. The number of aromatic nitrogens is 2. The summed E-state index contributed by atoms with van der Waals surface area (Å²) in [4.78, 5) is 35.2. The van der Waals surface area contributed by atoms with Crippen LogP contribution in [0.15, 0.2) is 58.2 Å². The van der Waals surface area contributed by atoms with Crippen LogP contribution in [0.5, 0.6) is 0 Å². The highest BCUT2D eigenvalue weighted by atomic mass is 32.2. The minimum Gasteiger partial charge on any atom is -0.332 e. The van der Waals surface area contributed by atoms with Crippen LogP contribution in [0.4, 0.5) is 0 Å². The molecule has 6 heteroatoms. The number of hydrogen-bond donors (Lipinski definition) is 1. The van der Waals surface area contributed by atoms with Crippen molar-refractivity contribution in [2.24, 2.45) is 0 Å². The highest BCUT2D eigenvalue weighted by Gasteiger charge is 2.19. The molecule has 0 spiro atoms. The first-order chi connectivity index (χ1) is 13.0. The fraction of sp³-hybridized carbons (Fsp3) is 0.286. The Balaban J connectivity index is 1.76. The molecule has 0 aliphatic carbocycles. The van der Waals surface area contributed by atoms with Crippen LogP contribution in [-0.2, 0) is 11.3 Å². The molecule has 0 unspecified atom stereocenters. The highest BCUT2D eigenvalue weighted by molar-refractivity contribution is 8.00. The zero-order chi connectivity index (χ0) is 19.4. The maximum absolute atomic E-state index is 12.8. The molecular weight excluding hydrogens is 358 g/mol. The second kappa shape index (κ2) is 8.39. The highest BCUT2D eigenvalue weighted by Crippen LogP contribution is 2.22. The van der Waals surface area contributed by atoms with Crippen LogP contribution in [0.1, 0.15) is 25.2 Å². The molecule has 140 valence electrons. The van der Waals surface area contributed by atoms with Crippen LogP contribution in [0.3, 0.4) is 0 Å². The smallest absolute Gasteiger partial charge is 0.258 e. The van der Waals surface area contributed by atoms with Gasteiger partial charge in [0.15, 0.2) is 0 Å². The lowest BCUT2D eigenvalue weighted by molar-refractivity contribution is -0.130. The van der Waals surface area contributed by atoms with Gasteiger partial charge in [-0.15, -0.1) is 11.8 Å². The van der Waals surface area contributed by atoms with Gasteiger partial charge in [0.2, 0.25) is 5.91 Å². The Bertz CT molecular complexity index is 1010. The van der Waals surface area contributed by atoms with Crippen molar-refractivity contribution in [1.82, 2.24) is 14.9 Å². The first-order valence-corrected chi connectivity index (χ1v) is 9.90. The van der Waals surface area contributed by atoms with Crippen molar-refractivity contribution in [1.29, 1.82) is 0 Å². The number of rotatable bonds is 6. The third-order valence-electron chi connectivity index (χ3n) is 4.37. The van der Waals surface area contributed by atoms with Gasteiger partial charge in [-0.25, -0.2) is 4.98 Å². The lowest BCUT2D eigenvalue weighted by Gasteiger charge is -2.26. The van der Waals surface area contributed by atoms with E-state index in [1.807, 2.05) is 63.2 Å². The molecule has 1 aromatic heterocycles. The Morgan fingerprint density at radius 2 is 1.85 bits per heavy atom. The average Bonchev–Trinajstić information content (AvgIpc) is 2.65. The minimum absolute atomic E-state index is 0.00624. The van der Waals surface area contributed by atoms with E-state index in [-0.39, 0.29) is 24.1 Å². The van der Waals surface area contributed by atoms with Crippen LogP contribution >= 0.6 is 11.8 Å². The van der Waals surface area contributed by atoms with Crippen molar-refractivity contribution in [2.45, 2.75) is 38.3 Å². The molecule has 5 nitrogen and oxygen atoms in total. The Labute approximate surface area is 162 Å². The lowest BCUT2D eigenvalue weighted by Crippen LogP contribution is -2.38. The van der Waals surface area contributed by atoms with Crippen LogP contribution in [0.2, 0.25) is 0 Å². The Hall–Kier alpha value is -2.60. The van der Waals surface area contributed by atoms with E-state index >= 15 is 0 Å². The van der Waals surface area contributed by atoms with Gasteiger partial charge in [0.25, 0.3) is 5.56 Å². The van der Waals surface area contributed by atoms with Crippen LogP contribution in [0.25, 0.3) is 10.9 Å². The number of thioether (sulfide) groups is 1. The topological polar surface area (TPSA) is 66.1 Å². The molecule has 2 aromatic carbocycles. The summed E-state index contributed by atoms with van der Waals surface area (Å²) in [6.45, 7) is 6.26. The zero-order valence-electron chi connectivity index (χ0n) is 15.7. The van der Waals surface area contributed by atoms with Gasteiger partial charge in [-0.1, -0.05) is 30.3 Å². The summed E-state index contributed by atoms with van der Waals surface area (Å²) in [6.07, 6.45) is 0. The summed E-state index contributed by atoms with van der Waals surface area (Å²) in [5.41, 5.74) is 1.62. The number of aromatic amines is 1. The van der Waals surface area contributed by atoms with Gasteiger partial charge in [-0.3, -0.25) is 9.59 Å². The van der Waals surface area contributed by atoms with Crippen LogP contribution in [-0.4, -0.2) is 32.6 Å². The van der Waals surface area contributed by atoms with Gasteiger partial charge < -0.3 is 9.88 Å². The van der Waals surface area contributed by atoms with E-state index in [2.05, 4.69) is 9.97 Å². The quantitative estimate of drug-likeness (QED) is 0.660. The van der Waals surface area contributed by atoms with Crippen molar-refractivity contribution in [3.8, 4) is 0 Å². The molecule has 1 amide bonds. The zero-order valence-corrected chi connectivity index (χ0v) is 16.5. The molecular formula is C21H23N3O2S. The number of amides is 1. The van der Waals surface area contributed by atoms with Gasteiger partial charge in [0.1, 0.15) is 5.82 Å². The predicted molar refractivity (Wildman–Crippen MR) is 110 cm³/mol. The molecule has 3 rings (SSSR count). The molecule has 0 aliphatic rings. The van der Waals surface area contributed by atoms with Gasteiger partial charge in [-0.2, -0.15) is 0 Å². The summed E-state index contributed by atoms with van der Waals surface area (Å²) < 4.78 is 0. The van der Waals surface area contributed by atoms with Gasteiger partial charge in [-0.05, 0) is 44.5 Å². The fourth-order valence-electron chi connectivity index (χ4n) is 2.87. The Kier molecular flexibility index (Phi) is 5.96. The van der Waals surface area contributed by atoms with E-state index in [4.69, 9.17) is 0 Å². The van der Waals surface area contributed by atoms with E-state index in [9.17, 15) is 9.59 Å². The van der Waals surface area contributed by atoms with Crippen molar-refractivity contribution in [3.05, 3.63) is 70.3 Å². The monoisotopic (exact) mass is 381 g/mol. The number of benzene rings is 2. The maximum atomic E-state index is 12.8. The number of fused-ring (bicyclic) bond motifs is 1. The van der Waals surface area contributed by atoms with E-state index in [1.54, 1.807) is 11.0 Å². The fourth-order valence-corrected chi connectivity index (χ4v) is 3.79. The second-order valence-electron chi connectivity index (χ2n) is 6.70. The second-order valence-corrected chi connectivity index (χ2v) is 7.72. The average molecular weight is 382 g/mol. The summed E-state index contributed by atoms with van der Waals surface area (Å²) in [5, 5.41) is 0.554. The minimum atomic E-state index is -0.180. The number of H-pyrrole nitrogens is 1. The van der Waals surface area contributed by atoms with Crippen molar-refractivity contribution < 1.29 is 4.79 Å². The molecule has 0 aliphatic heterocycles. The van der Waals surface area contributed by atoms with Gasteiger partial charge in [0, 0.05) is 10.9 Å². The third-order valence-corrected chi connectivity index (χ3v) is 5.53. The number of nitrogens with one attached hydrogen (secondary N) is 1. The normalized spacial score (nSPS) is 11.1. The molecule has 0 atom stereocenters. The number of aryl methyl sites for hydroxylation is 1. The predicted octanol–water partition coefficient (Wildman–Crippen LogP) is 3.76. The van der Waals surface area contributed by atoms with E-state index in [0.717, 1.165) is 10.5 Å². The van der Waals surface area contributed by atoms with E-state index in [1.165, 1.54) is 11.8 Å². The SMILES string of the molecule is Cc1ccccc1SCC(=O)N(Cc1nc2ccccc2c(=O)[nH]1)C(C)C. The molecule has 1 N–H and O–H groups in total. The Morgan fingerprint density at radius 1 is 1.15 bits per heavy atom. The molecule has 0 saturated heterocycles. The summed E-state index contributed by atoms with van der Waals surface area (Å²) in [5.74, 6) is 0.872. The summed E-state index contributed by atoms with van der Waals surface area (Å²) >= 11 is 1.53. The van der Waals surface area contributed by atoms with Gasteiger partial charge in [0.05, 0.1) is 23.2 Å². The van der Waals surface area contributed by atoms with Crippen molar-refractivity contribution in [2.75, 3.05) is 5.75 Å². The van der Waals surface area contributed by atoms with E-state index in [0.29, 0.717) is 22.5 Å². The largest absolute Gasteiger partial charge is 0.332 e. The first-order valence-electron chi connectivity index (χ1n) is 8.91. The molecule has 0 bridgehead atoms. The maximum Gasteiger partial charge on any atom is 0.258 e.